The molecule has 1 aliphatic heterocycles. The number of hydrogen-bond acceptors (Lipinski definition) is 4. The van der Waals surface area contributed by atoms with Crippen LogP contribution in [0.5, 0.6) is 0 Å². The van der Waals surface area contributed by atoms with Gasteiger partial charge in [-0.3, -0.25) is 9.59 Å². The third kappa shape index (κ3) is 4.17. The van der Waals surface area contributed by atoms with Crippen molar-refractivity contribution in [1.29, 1.82) is 0 Å². The number of benzene rings is 1. The molecule has 0 spiro atoms. The third-order valence-electron chi connectivity index (χ3n) is 4.36. The maximum atomic E-state index is 13.1. The van der Waals surface area contributed by atoms with E-state index >= 15 is 0 Å². The first kappa shape index (κ1) is 18.3. The molecule has 6 nitrogen and oxygen atoms in total. The van der Waals surface area contributed by atoms with Crippen molar-refractivity contribution in [1.82, 2.24) is 9.47 Å². The second kappa shape index (κ2) is 8.25. The Morgan fingerprint density at radius 1 is 1.27 bits per heavy atom. The van der Waals surface area contributed by atoms with Crippen molar-refractivity contribution in [2.24, 2.45) is 0 Å². The smallest absolute Gasteiger partial charge is 0.255 e. The van der Waals surface area contributed by atoms with Gasteiger partial charge < -0.3 is 18.9 Å². The molecular weight excluding hydrogens is 339 g/mol. The van der Waals surface area contributed by atoms with Gasteiger partial charge in [-0.2, -0.15) is 0 Å². The minimum Gasteiger partial charge on any atom is -0.383 e. The highest BCUT2D eigenvalue weighted by Gasteiger charge is 2.26. The topological polar surface area (TPSA) is 60.8 Å². The fraction of sp³-hybridized carbons (Fsp3) is 0.368. The largest absolute Gasteiger partial charge is 0.383 e. The van der Waals surface area contributed by atoms with Gasteiger partial charge in [-0.05, 0) is 23.8 Å². The van der Waals surface area contributed by atoms with Crippen molar-refractivity contribution >= 4 is 5.91 Å². The van der Waals surface area contributed by atoms with Crippen LogP contribution in [0, 0.1) is 5.82 Å². The third-order valence-corrected chi connectivity index (χ3v) is 4.36. The number of ether oxygens (including phenoxy) is 2. The van der Waals surface area contributed by atoms with E-state index in [-0.39, 0.29) is 23.4 Å². The highest BCUT2D eigenvalue weighted by atomic mass is 19.1. The van der Waals surface area contributed by atoms with Gasteiger partial charge in [0.05, 0.1) is 25.3 Å². The average molecular weight is 360 g/mol. The number of morpholine rings is 1. The van der Waals surface area contributed by atoms with Crippen LogP contribution in [0.25, 0.3) is 0 Å². The molecule has 7 heteroatoms. The Morgan fingerprint density at radius 2 is 2.04 bits per heavy atom. The average Bonchev–Trinajstić information content (AvgIpc) is 2.67. The molecule has 1 aromatic heterocycles. The first-order chi connectivity index (χ1) is 12.6. The van der Waals surface area contributed by atoms with Crippen LogP contribution < -0.4 is 5.56 Å². The molecule has 1 atom stereocenters. The molecule has 26 heavy (non-hydrogen) atoms. The van der Waals surface area contributed by atoms with E-state index < -0.39 is 0 Å². The number of rotatable bonds is 5. The summed E-state index contributed by atoms with van der Waals surface area (Å²) in [6, 6.07) is 9.02. The molecule has 0 radical (unpaired) electrons. The number of methoxy groups -OCH3 is 1. The van der Waals surface area contributed by atoms with E-state index in [1.807, 2.05) is 0 Å². The van der Waals surface area contributed by atoms with E-state index in [0.29, 0.717) is 38.4 Å². The minimum absolute atomic E-state index is 0.161. The maximum Gasteiger partial charge on any atom is 0.255 e. The summed E-state index contributed by atoms with van der Waals surface area (Å²) >= 11 is 0. The first-order valence-electron chi connectivity index (χ1n) is 8.44. The van der Waals surface area contributed by atoms with Gasteiger partial charge in [0.2, 0.25) is 0 Å². The first-order valence-corrected chi connectivity index (χ1v) is 8.44. The number of carbonyl (C=O) groups is 1. The van der Waals surface area contributed by atoms with Crippen molar-refractivity contribution in [2.45, 2.75) is 12.6 Å². The lowest BCUT2D eigenvalue weighted by atomic mass is 10.1. The predicted octanol–water partition coefficient (Wildman–Crippen LogP) is 1.85. The summed E-state index contributed by atoms with van der Waals surface area (Å²) in [5.41, 5.74) is 1.10. The SMILES string of the molecule is COCCn1cc(C(=O)N2CCOC(c3ccc(F)cc3)C2)ccc1=O. The van der Waals surface area contributed by atoms with Crippen LogP contribution in [0.15, 0.2) is 47.4 Å². The van der Waals surface area contributed by atoms with Crippen LogP contribution in [0.4, 0.5) is 4.39 Å². The Kier molecular flexibility index (Phi) is 5.80. The monoisotopic (exact) mass is 360 g/mol. The molecule has 0 bridgehead atoms. The number of pyridine rings is 1. The van der Waals surface area contributed by atoms with Crippen LogP contribution >= 0.6 is 0 Å². The van der Waals surface area contributed by atoms with Gasteiger partial charge in [0, 0.05) is 32.5 Å². The Morgan fingerprint density at radius 3 is 2.77 bits per heavy atom. The number of amides is 1. The fourth-order valence-electron chi connectivity index (χ4n) is 2.92. The van der Waals surface area contributed by atoms with Gasteiger partial charge in [-0.15, -0.1) is 0 Å². The van der Waals surface area contributed by atoms with E-state index in [2.05, 4.69) is 0 Å². The lowest BCUT2D eigenvalue weighted by Gasteiger charge is -2.33. The number of carbonyl (C=O) groups excluding carboxylic acids is 1. The van der Waals surface area contributed by atoms with Crippen LogP contribution in [0.3, 0.4) is 0 Å². The molecule has 1 fully saturated rings. The predicted molar refractivity (Wildman–Crippen MR) is 93.6 cm³/mol. The molecule has 1 aliphatic rings. The zero-order valence-electron chi connectivity index (χ0n) is 14.6. The van der Waals surface area contributed by atoms with Crippen molar-refractivity contribution in [3.8, 4) is 0 Å². The van der Waals surface area contributed by atoms with Crippen LogP contribution in [0.2, 0.25) is 0 Å². The number of hydrogen-bond donors (Lipinski definition) is 0. The molecule has 138 valence electrons. The normalized spacial score (nSPS) is 17.3. The molecular formula is C19H21FN2O4. The molecule has 1 aromatic carbocycles. The van der Waals surface area contributed by atoms with Crippen LogP contribution in [-0.2, 0) is 16.0 Å². The number of aromatic nitrogens is 1. The van der Waals surface area contributed by atoms with Crippen molar-refractivity contribution in [3.63, 3.8) is 0 Å². The van der Waals surface area contributed by atoms with E-state index in [0.717, 1.165) is 5.56 Å². The molecule has 2 heterocycles. The summed E-state index contributed by atoms with van der Waals surface area (Å²) < 4.78 is 25.3. The minimum atomic E-state index is -0.309. The van der Waals surface area contributed by atoms with Crippen LogP contribution in [-0.4, -0.2) is 48.8 Å². The Labute approximate surface area is 150 Å². The summed E-state index contributed by atoms with van der Waals surface area (Å²) in [4.78, 5) is 26.4. The van der Waals surface area contributed by atoms with Gasteiger partial charge in [0.25, 0.3) is 11.5 Å². The lowest BCUT2D eigenvalue weighted by molar-refractivity contribution is -0.0228. The Hall–Kier alpha value is -2.51. The zero-order valence-corrected chi connectivity index (χ0v) is 14.6. The lowest BCUT2D eigenvalue weighted by Crippen LogP contribution is -2.42. The standard InChI is InChI=1S/C19H21FN2O4/c1-25-10-8-21-12-15(4-7-18(21)23)19(24)22-9-11-26-17(13-22)14-2-5-16(20)6-3-14/h2-7,12,17H,8-11,13H2,1H3. The molecule has 1 amide bonds. The highest BCUT2D eigenvalue weighted by molar-refractivity contribution is 5.94. The number of nitrogens with zero attached hydrogens (tertiary/aromatic N) is 2. The highest BCUT2D eigenvalue weighted by Crippen LogP contribution is 2.23. The van der Waals surface area contributed by atoms with Crippen molar-refractivity contribution < 1.29 is 18.7 Å². The maximum absolute atomic E-state index is 13.1. The van der Waals surface area contributed by atoms with Crippen LogP contribution in [0.1, 0.15) is 22.0 Å². The molecule has 2 aromatic rings. The van der Waals surface area contributed by atoms with Gasteiger partial charge in [0.1, 0.15) is 11.9 Å². The number of halogens is 1. The summed E-state index contributed by atoms with van der Waals surface area (Å²) in [7, 11) is 1.56. The molecule has 0 aliphatic carbocycles. The zero-order chi connectivity index (χ0) is 18.5. The van der Waals surface area contributed by atoms with E-state index in [9.17, 15) is 14.0 Å². The summed E-state index contributed by atoms with van der Waals surface area (Å²) in [6.45, 7) is 2.02. The van der Waals surface area contributed by atoms with Gasteiger partial charge in [-0.25, -0.2) is 4.39 Å². The second-order valence-corrected chi connectivity index (χ2v) is 6.10. The molecule has 1 saturated heterocycles. The Bertz CT molecular complexity index is 819. The van der Waals surface area contributed by atoms with Gasteiger partial charge in [0.15, 0.2) is 0 Å². The Balaban J connectivity index is 1.74. The van der Waals surface area contributed by atoms with Gasteiger partial charge >= 0.3 is 0 Å². The molecule has 3 rings (SSSR count). The molecule has 0 saturated carbocycles. The van der Waals surface area contributed by atoms with Crippen molar-refractivity contribution in [3.05, 3.63) is 69.9 Å². The molecule has 0 N–H and O–H groups in total. The quantitative estimate of drug-likeness (QED) is 0.816. The molecule has 1 unspecified atom stereocenters. The summed E-state index contributed by atoms with van der Waals surface area (Å²) in [5.74, 6) is -0.470. The van der Waals surface area contributed by atoms with Gasteiger partial charge in [-0.1, -0.05) is 12.1 Å². The van der Waals surface area contributed by atoms with E-state index in [1.54, 1.807) is 30.3 Å². The second-order valence-electron chi connectivity index (χ2n) is 6.10. The van der Waals surface area contributed by atoms with E-state index in [1.165, 1.54) is 28.8 Å². The fourth-order valence-corrected chi connectivity index (χ4v) is 2.92. The summed E-state index contributed by atoms with van der Waals surface area (Å²) in [6.07, 6.45) is 1.26. The summed E-state index contributed by atoms with van der Waals surface area (Å²) in [5, 5.41) is 0. The van der Waals surface area contributed by atoms with Crippen molar-refractivity contribution in [2.75, 3.05) is 33.4 Å². The van der Waals surface area contributed by atoms with E-state index in [4.69, 9.17) is 9.47 Å².